The van der Waals surface area contributed by atoms with Gasteiger partial charge in [0.2, 0.25) is 5.91 Å². The maximum atomic E-state index is 14.8. The lowest BCUT2D eigenvalue weighted by molar-refractivity contribution is -0.119. The molecule has 1 atom stereocenters. The molecular weight excluding hydrogens is 568 g/mol. The number of carbonyl (C=O) groups excluding carboxylic acids is 1. The number of hydrazone groups is 1. The number of rotatable bonds is 8. The highest BCUT2D eigenvalue weighted by molar-refractivity contribution is 14.1. The van der Waals surface area contributed by atoms with Gasteiger partial charge in [-0.05, 0) is 37.6 Å². The fourth-order valence-corrected chi connectivity index (χ4v) is 5.72. The van der Waals surface area contributed by atoms with Crippen LogP contribution in [0.1, 0.15) is 34.9 Å². The van der Waals surface area contributed by atoms with Crippen LogP contribution < -0.4 is 10.2 Å². The van der Waals surface area contributed by atoms with Gasteiger partial charge in [-0.25, -0.2) is 4.39 Å². The van der Waals surface area contributed by atoms with E-state index >= 15 is 0 Å². The predicted octanol–water partition coefficient (Wildman–Crippen LogP) is 4.67. The summed E-state index contributed by atoms with van der Waals surface area (Å²) in [5.74, 6) is -0.344. The van der Waals surface area contributed by atoms with Crippen LogP contribution in [0.4, 0.5) is 10.1 Å². The molecule has 0 aromatic heterocycles. The van der Waals surface area contributed by atoms with Gasteiger partial charge in [0, 0.05) is 67.7 Å². The third-order valence-corrected chi connectivity index (χ3v) is 7.72. The molecule has 0 radical (unpaired) electrons. The third kappa shape index (κ3) is 6.01. The molecule has 1 N–H and O–H groups in total. The van der Waals surface area contributed by atoms with Crippen LogP contribution in [0.5, 0.6) is 0 Å². The Morgan fingerprint density at radius 3 is 2.68 bits per heavy atom. The molecule has 1 saturated heterocycles. The van der Waals surface area contributed by atoms with Gasteiger partial charge in [0.05, 0.1) is 12.1 Å². The van der Waals surface area contributed by atoms with Crippen LogP contribution in [-0.4, -0.2) is 67.3 Å². The molecule has 2 heterocycles. The monoisotopic (exact) mass is 597 g/mol. The fourth-order valence-electron chi connectivity index (χ4n) is 4.50. The van der Waals surface area contributed by atoms with E-state index < -0.39 is 0 Å². The van der Waals surface area contributed by atoms with Crippen molar-refractivity contribution < 1.29 is 9.18 Å². The van der Waals surface area contributed by atoms with Crippen molar-refractivity contribution in [2.24, 2.45) is 5.10 Å². The summed E-state index contributed by atoms with van der Waals surface area (Å²) in [5.41, 5.74) is 3.15. The van der Waals surface area contributed by atoms with E-state index in [0.717, 1.165) is 49.7 Å². The Morgan fingerprint density at radius 2 is 1.94 bits per heavy atom. The molecule has 1 fully saturated rings. The number of amides is 1. The van der Waals surface area contributed by atoms with Gasteiger partial charge in [-0.1, -0.05) is 52.4 Å². The highest BCUT2D eigenvalue weighted by atomic mass is 127. The Bertz CT molecular complexity index is 1040. The van der Waals surface area contributed by atoms with Crippen molar-refractivity contribution in [2.45, 2.75) is 23.8 Å². The molecule has 1 amide bonds. The number of anilines is 1. The van der Waals surface area contributed by atoms with Gasteiger partial charge < -0.3 is 10.2 Å². The average molecular weight is 598 g/mol. The molecule has 0 saturated carbocycles. The Kier molecular flexibility index (Phi) is 8.65. The number of carbonyl (C=O) groups is 1. The molecule has 2 aliphatic heterocycles. The largest absolute Gasteiger partial charge is 0.369 e. The van der Waals surface area contributed by atoms with Gasteiger partial charge in [0.25, 0.3) is 0 Å². The molecular formula is C25H30ClFIN5O. The Balaban J connectivity index is 1.35. The van der Waals surface area contributed by atoms with E-state index in [1.54, 1.807) is 6.07 Å². The normalized spacial score (nSPS) is 18.5. The summed E-state index contributed by atoms with van der Waals surface area (Å²) >= 11 is 8.39. The number of benzene rings is 2. The number of fused-ring (bicyclic) bond motifs is 1. The highest BCUT2D eigenvalue weighted by Gasteiger charge is 2.30. The van der Waals surface area contributed by atoms with E-state index in [1.807, 2.05) is 36.2 Å². The van der Waals surface area contributed by atoms with Gasteiger partial charge in [0.15, 0.2) is 0 Å². The SMILES string of the molecule is CCNC(=O)CC1=NN(CCCN2CCN(c3cccc(Cl)c3)CC2)C(I)c2c(F)cccc21. The van der Waals surface area contributed by atoms with E-state index in [1.165, 1.54) is 11.8 Å². The molecule has 4 rings (SSSR count). The first-order valence-corrected chi connectivity index (χ1v) is 13.3. The molecule has 1 unspecified atom stereocenters. The van der Waals surface area contributed by atoms with Crippen molar-refractivity contribution in [2.75, 3.05) is 50.7 Å². The zero-order valence-electron chi connectivity index (χ0n) is 19.3. The summed E-state index contributed by atoms with van der Waals surface area (Å²) in [4.78, 5) is 17.1. The Labute approximate surface area is 219 Å². The highest BCUT2D eigenvalue weighted by Crippen LogP contribution is 2.37. The number of hydrogen-bond donors (Lipinski definition) is 1. The van der Waals surface area contributed by atoms with Crippen LogP contribution in [0.15, 0.2) is 47.6 Å². The van der Waals surface area contributed by atoms with Crippen LogP contribution in [0.25, 0.3) is 0 Å². The second-order valence-corrected chi connectivity index (χ2v) is 10.2. The molecule has 0 aliphatic carbocycles. The van der Waals surface area contributed by atoms with E-state index in [0.29, 0.717) is 24.4 Å². The Morgan fingerprint density at radius 1 is 1.18 bits per heavy atom. The number of nitrogens with one attached hydrogen (secondary N) is 1. The van der Waals surface area contributed by atoms with Gasteiger partial charge in [-0.2, -0.15) is 5.10 Å². The smallest absolute Gasteiger partial charge is 0.226 e. The van der Waals surface area contributed by atoms with E-state index in [9.17, 15) is 9.18 Å². The van der Waals surface area contributed by atoms with E-state index in [2.05, 4.69) is 43.8 Å². The van der Waals surface area contributed by atoms with Crippen LogP contribution in [0.3, 0.4) is 0 Å². The first kappa shape index (κ1) is 25.2. The molecule has 34 heavy (non-hydrogen) atoms. The standard InChI is InChI=1S/C25H30ClFIN5O/c1-2-29-23(34)17-22-20-8-4-9-21(27)24(20)25(28)33(30-22)11-5-10-31-12-14-32(15-13-31)19-7-3-6-18(26)16-19/h3-4,6-9,16,25H,2,5,10-15,17H2,1H3,(H,29,34). The molecule has 0 spiro atoms. The van der Waals surface area contributed by atoms with Crippen molar-refractivity contribution >= 4 is 51.5 Å². The lowest BCUT2D eigenvalue weighted by Gasteiger charge is -2.37. The minimum Gasteiger partial charge on any atom is -0.369 e. The van der Waals surface area contributed by atoms with E-state index in [-0.39, 0.29) is 22.2 Å². The zero-order valence-corrected chi connectivity index (χ0v) is 22.2. The summed E-state index contributed by atoms with van der Waals surface area (Å²) in [6, 6.07) is 13.0. The number of alkyl halides is 1. The number of hydrogen-bond acceptors (Lipinski definition) is 5. The molecule has 2 aromatic carbocycles. The van der Waals surface area contributed by atoms with Gasteiger partial charge in [0.1, 0.15) is 9.87 Å². The minimum absolute atomic E-state index is 0.0964. The predicted molar refractivity (Wildman–Crippen MR) is 144 cm³/mol. The summed E-state index contributed by atoms with van der Waals surface area (Å²) in [5, 5.41) is 10.3. The second-order valence-electron chi connectivity index (χ2n) is 8.54. The number of piperazine rings is 1. The molecule has 0 bridgehead atoms. The lowest BCUT2D eigenvalue weighted by Crippen LogP contribution is -2.47. The van der Waals surface area contributed by atoms with E-state index in [4.69, 9.17) is 16.7 Å². The van der Waals surface area contributed by atoms with Crippen LogP contribution >= 0.6 is 34.2 Å². The van der Waals surface area contributed by atoms with Crippen molar-refractivity contribution in [3.8, 4) is 0 Å². The first-order chi connectivity index (χ1) is 16.5. The van der Waals surface area contributed by atoms with Crippen LogP contribution in [-0.2, 0) is 4.79 Å². The second kappa shape index (κ2) is 11.7. The maximum Gasteiger partial charge on any atom is 0.226 e. The van der Waals surface area contributed by atoms with Gasteiger partial charge in [-0.3, -0.25) is 14.7 Å². The third-order valence-electron chi connectivity index (χ3n) is 6.22. The molecule has 2 aromatic rings. The summed E-state index contributed by atoms with van der Waals surface area (Å²) in [7, 11) is 0. The molecule has 9 heteroatoms. The van der Waals surface area contributed by atoms with Gasteiger partial charge in [-0.15, -0.1) is 0 Å². The molecule has 182 valence electrons. The molecule has 6 nitrogen and oxygen atoms in total. The quantitative estimate of drug-likeness (QED) is 0.273. The summed E-state index contributed by atoms with van der Waals surface area (Å²) in [6.07, 6.45) is 1.06. The van der Waals surface area contributed by atoms with Crippen molar-refractivity contribution in [3.63, 3.8) is 0 Å². The Hall–Kier alpha value is -1.91. The van der Waals surface area contributed by atoms with Gasteiger partial charge >= 0.3 is 0 Å². The summed E-state index contributed by atoms with van der Waals surface area (Å²) in [6.45, 7) is 8.01. The fraction of sp³-hybridized carbons (Fsp3) is 0.440. The van der Waals surface area contributed by atoms with Crippen LogP contribution in [0, 0.1) is 5.82 Å². The maximum absolute atomic E-state index is 14.8. The van der Waals surface area contributed by atoms with Crippen molar-refractivity contribution in [3.05, 3.63) is 64.4 Å². The molecule has 2 aliphatic rings. The zero-order chi connectivity index (χ0) is 24.1. The number of halogens is 3. The number of nitrogens with zero attached hydrogens (tertiary/aromatic N) is 4. The average Bonchev–Trinajstić information content (AvgIpc) is 2.82. The topological polar surface area (TPSA) is 51.2 Å². The first-order valence-electron chi connectivity index (χ1n) is 11.7. The minimum atomic E-state index is -0.248. The van der Waals surface area contributed by atoms with Crippen molar-refractivity contribution in [1.82, 2.24) is 15.2 Å². The lowest BCUT2D eigenvalue weighted by atomic mass is 9.98. The van der Waals surface area contributed by atoms with Crippen molar-refractivity contribution in [1.29, 1.82) is 0 Å². The van der Waals surface area contributed by atoms with Crippen LogP contribution in [0.2, 0.25) is 5.02 Å². The summed E-state index contributed by atoms with van der Waals surface area (Å²) < 4.78 is 14.6.